The molecule has 0 fully saturated rings. The van der Waals surface area contributed by atoms with E-state index in [-0.39, 0.29) is 5.01 Å². The largest absolute Gasteiger partial charge is 0.476 e. The number of rotatable bonds is 1. The van der Waals surface area contributed by atoms with E-state index in [4.69, 9.17) is 10.5 Å². The highest BCUT2D eigenvalue weighted by Gasteiger charge is 2.25. The predicted octanol–water partition coefficient (Wildman–Crippen LogP) is 1.71. The molecular formula is C10H10BrNO3. The predicted molar refractivity (Wildman–Crippen MR) is 59.2 cm³/mol. The minimum absolute atomic E-state index is 0.0669. The number of ether oxygens (including phenoxy) is 2. The molecule has 1 unspecified atom stereocenters. The van der Waals surface area contributed by atoms with E-state index in [2.05, 4.69) is 20.7 Å². The number of hydrogen-bond acceptors (Lipinski definition) is 4. The highest BCUT2D eigenvalue weighted by Crippen LogP contribution is 2.38. The maximum atomic E-state index is 11.3. The first-order valence-electron chi connectivity index (χ1n) is 4.44. The van der Waals surface area contributed by atoms with Gasteiger partial charge in [-0.3, -0.25) is 0 Å². The van der Waals surface area contributed by atoms with Gasteiger partial charge in [0.25, 0.3) is 0 Å². The summed E-state index contributed by atoms with van der Waals surface area (Å²) in [6.45, 7) is 0. The van der Waals surface area contributed by atoms with Crippen molar-refractivity contribution in [2.24, 2.45) is 0 Å². The van der Waals surface area contributed by atoms with Crippen molar-refractivity contribution in [1.29, 1.82) is 0 Å². The fourth-order valence-corrected chi connectivity index (χ4v) is 2.11. The fourth-order valence-electron chi connectivity index (χ4n) is 1.57. The maximum Gasteiger partial charge on any atom is 0.340 e. The monoisotopic (exact) mass is 271 g/mol. The van der Waals surface area contributed by atoms with Gasteiger partial charge in [-0.1, -0.05) is 6.07 Å². The Balaban J connectivity index is 2.47. The zero-order chi connectivity index (χ0) is 11.0. The van der Waals surface area contributed by atoms with Crippen LogP contribution in [0.15, 0.2) is 12.1 Å². The van der Waals surface area contributed by atoms with Crippen molar-refractivity contribution in [3.8, 4) is 5.75 Å². The second kappa shape index (κ2) is 3.73. The van der Waals surface area contributed by atoms with Gasteiger partial charge < -0.3 is 15.2 Å². The minimum Gasteiger partial charge on any atom is -0.476 e. The lowest BCUT2D eigenvalue weighted by Gasteiger charge is -2.08. The molecule has 1 atom stereocenters. The molecule has 1 aliphatic heterocycles. The summed E-state index contributed by atoms with van der Waals surface area (Å²) in [5, 5.41) is -0.0669. The van der Waals surface area contributed by atoms with Crippen LogP contribution in [0.3, 0.4) is 0 Å². The van der Waals surface area contributed by atoms with Crippen LogP contribution in [0, 0.1) is 0 Å². The van der Waals surface area contributed by atoms with Crippen LogP contribution in [0.5, 0.6) is 5.75 Å². The lowest BCUT2D eigenvalue weighted by molar-refractivity contribution is 0.0601. The van der Waals surface area contributed by atoms with Gasteiger partial charge in [0.05, 0.1) is 18.4 Å². The number of fused-ring (bicyclic) bond motifs is 1. The van der Waals surface area contributed by atoms with Crippen LogP contribution in [0.4, 0.5) is 5.69 Å². The standard InChI is InChI=1S/C10H10BrNO3/c1-14-10(13)6-3-2-5-4-7(11)15-9(5)8(6)12/h2-3,7H,4,12H2,1H3. The molecule has 0 aliphatic carbocycles. The maximum absolute atomic E-state index is 11.3. The van der Waals surface area contributed by atoms with Gasteiger partial charge in [-0.05, 0) is 22.0 Å². The van der Waals surface area contributed by atoms with Crippen LogP contribution in [0.25, 0.3) is 0 Å². The number of halogens is 1. The van der Waals surface area contributed by atoms with Crippen LogP contribution >= 0.6 is 15.9 Å². The first kappa shape index (κ1) is 10.3. The van der Waals surface area contributed by atoms with Crippen molar-refractivity contribution in [1.82, 2.24) is 0 Å². The van der Waals surface area contributed by atoms with Gasteiger partial charge in [0.1, 0.15) is 5.75 Å². The van der Waals surface area contributed by atoms with E-state index in [1.165, 1.54) is 7.11 Å². The Labute approximate surface area is 95.5 Å². The first-order chi connectivity index (χ1) is 7.13. The third kappa shape index (κ3) is 1.67. The number of methoxy groups -OCH3 is 1. The van der Waals surface area contributed by atoms with Crippen LogP contribution < -0.4 is 10.5 Å². The van der Waals surface area contributed by atoms with E-state index in [9.17, 15) is 4.79 Å². The van der Waals surface area contributed by atoms with Crippen molar-refractivity contribution in [2.75, 3.05) is 12.8 Å². The molecule has 2 rings (SSSR count). The number of esters is 1. The van der Waals surface area contributed by atoms with Crippen LogP contribution in [0.2, 0.25) is 0 Å². The quantitative estimate of drug-likeness (QED) is 0.480. The van der Waals surface area contributed by atoms with Crippen LogP contribution in [-0.4, -0.2) is 18.1 Å². The van der Waals surface area contributed by atoms with Gasteiger partial charge in [0.2, 0.25) is 0 Å². The van der Waals surface area contributed by atoms with Gasteiger partial charge in [-0.2, -0.15) is 0 Å². The highest BCUT2D eigenvalue weighted by atomic mass is 79.9. The van der Waals surface area contributed by atoms with E-state index >= 15 is 0 Å². The second-order valence-corrected chi connectivity index (χ2v) is 4.26. The molecule has 15 heavy (non-hydrogen) atoms. The molecule has 0 radical (unpaired) electrons. The molecule has 0 saturated carbocycles. The highest BCUT2D eigenvalue weighted by molar-refractivity contribution is 9.09. The van der Waals surface area contributed by atoms with Crippen LogP contribution in [-0.2, 0) is 11.2 Å². The molecule has 5 heteroatoms. The van der Waals surface area contributed by atoms with E-state index in [0.717, 1.165) is 12.0 Å². The van der Waals surface area contributed by atoms with E-state index in [1.54, 1.807) is 6.07 Å². The summed E-state index contributed by atoms with van der Waals surface area (Å²) in [4.78, 5) is 11.3. The molecule has 0 spiro atoms. The molecule has 1 heterocycles. The van der Waals surface area contributed by atoms with E-state index in [0.29, 0.717) is 17.0 Å². The zero-order valence-corrected chi connectivity index (χ0v) is 9.71. The number of nitrogens with two attached hydrogens (primary N) is 1. The molecule has 1 aromatic carbocycles. The third-order valence-electron chi connectivity index (χ3n) is 2.31. The summed E-state index contributed by atoms with van der Waals surface area (Å²) in [7, 11) is 1.32. The Morgan fingerprint density at radius 1 is 1.67 bits per heavy atom. The van der Waals surface area contributed by atoms with Gasteiger partial charge in [-0.15, -0.1) is 0 Å². The van der Waals surface area contributed by atoms with Gasteiger partial charge in [-0.25, -0.2) is 4.79 Å². The Kier molecular flexibility index (Phi) is 2.56. The lowest BCUT2D eigenvalue weighted by atomic mass is 10.1. The summed E-state index contributed by atoms with van der Waals surface area (Å²) in [5.41, 5.74) is 7.52. The van der Waals surface area contributed by atoms with Crippen molar-refractivity contribution in [2.45, 2.75) is 11.4 Å². The Morgan fingerprint density at radius 3 is 3.07 bits per heavy atom. The third-order valence-corrected chi connectivity index (χ3v) is 2.82. The number of carbonyl (C=O) groups excluding carboxylic acids is 1. The number of nitrogen functional groups attached to an aromatic ring is 1. The molecule has 1 aromatic rings. The molecule has 0 bridgehead atoms. The van der Waals surface area contributed by atoms with Crippen LogP contribution in [0.1, 0.15) is 15.9 Å². The summed E-state index contributed by atoms with van der Waals surface area (Å²) in [6, 6.07) is 3.49. The van der Waals surface area contributed by atoms with Gasteiger partial charge in [0.15, 0.2) is 5.01 Å². The van der Waals surface area contributed by atoms with Crippen molar-refractivity contribution in [3.63, 3.8) is 0 Å². The lowest BCUT2D eigenvalue weighted by Crippen LogP contribution is -2.07. The molecule has 80 valence electrons. The van der Waals surface area contributed by atoms with Crippen molar-refractivity contribution >= 4 is 27.6 Å². The first-order valence-corrected chi connectivity index (χ1v) is 5.35. The summed E-state index contributed by atoms with van der Waals surface area (Å²) in [5.74, 6) is 0.136. The fraction of sp³-hybridized carbons (Fsp3) is 0.300. The number of alkyl halides is 1. The summed E-state index contributed by atoms with van der Waals surface area (Å²) < 4.78 is 10.1. The average molecular weight is 272 g/mol. The molecule has 0 amide bonds. The molecule has 4 nitrogen and oxygen atoms in total. The molecular weight excluding hydrogens is 262 g/mol. The van der Waals surface area contributed by atoms with E-state index in [1.807, 2.05) is 6.07 Å². The molecule has 1 aliphatic rings. The minimum atomic E-state index is -0.447. The number of carbonyl (C=O) groups is 1. The Bertz CT molecular complexity index is 419. The second-order valence-electron chi connectivity index (χ2n) is 3.24. The van der Waals surface area contributed by atoms with Crippen molar-refractivity contribution in [3.05, 3.63) is 23.3 Å². The van der Waals surface area contributed by atoms with Gasteiger partial charge >= 0.3 is 5.97 Å². The Hall–Kier alpha value is -1.23. The smallest absolute Gasteiger partial charge is 0.340 e. The summed E-state index contributed by atoms with van der Waals surface area (Å²) in [6.07, 6.45) is 0.751. The topological polar surface area (TPSA) is 61.5 Å². The van der Waals surface area contributed by atoms with E-state index < -0.39 is 5.97 Å². The van der Waals surface area contributed by atoms with Crippen molar-refractivity contribution < 1.29 is 14.3 Å². The average Bonchev–Trinajstić information content (AvgIpc) is 2.59. The number of hydrogen-bond donors (Lipinski definition) is 1. The number of benzene rings is 1. The summed E-state index contributed by atoms with van der Waals surface area (Å²) >= 11 is 3.34. The molecule has 0 aromatic heterocycles. The SMILES string of the molecule is COC(=O)c1ccc2c(c1N)OC(Br)C2. The molecule has 2 N–H and O–H groups in total. The Morgan fingerprint density at radius 2 is 2.40 bits per heavy atom. The zero-order valence-electron chi connectivity index (χ0n) is 8.12. The molecule has 0 saturated heterocycles. The normalized spacial score (nSPS) is 18.1. The van der Waals surface area contributed by atoms with Gasteiger partial charge in [0, 0.05) is 12.0 Å². The number of anilines is 1.